The summed E-state index contributed by atoms with van der Waals surface area (Å²) in [5.74, 6) is 0. The van der Waals surface area contributed by atoms with Gasteiger partial charge in [-0.15, -0.1) is 0 Å². The van der Waals surface area contributed by atoms with Gasteiger partial charge >= 0.3 is 0 Å². The first kappa shape index (κ1) is 42.5. The van der Waals surface area contributed by atoms with Gasteiger partial charge in [-0.05, 0) is 134 Å². The van der Waals surface area contributed by atoms with Crippen molar-refractivity contribution < 1.29 is 0 Å². The summed E-state index contributed by atoms with van der Waals surface area (Å²) < 4.78 is 4.93. The zero-order valence-corrected chi connectivity index (χ0v) is 41.5. The van der Waals surface area contributed by atoms with Crippen LogP contribution in [0, 0.1) is 0 Å². The second kappa shape index (κ2) is 16.5. The zero-order valence-electron chi connectivity index (χ0n) is 41.5. The van der Waals surface area contributed by atoms with Gasteiger partial charge in [-0.3, -0.25) is 0 Å². The molecule has 16 rings (SSSR count). The molecule has 1 spiro atoms. The first-order valence-corrected chi connectivity index (χ1v) is 26.3. The second-order valence-corrected chi connectivity index (χ2v) is 20.3. The second-order valence-electron chi connectivity index (χ2n) is 20.3. The Kier molecular flexibility index (Phi) is 9.25. The SMILES string of the molecule is c1ccc(-c2ccccc2-c2ccccc2N(c2ccc(-c3ccc4c(c3)c3ccccc3n4-c3ccccc3)cc2)c2cc3c4c(c2)c2ccccc2n4-c2ccccc2C32c3ccccc3-c3ccccc32)cc1. The predicted octanol–water partition coefficient (Wildman–Crippen LogP) is 19.0. The maximum absolute atomic E-state index is 2.55. The van der Waals surface area contributed by atoms with Crippen molar-refractivity contribution in [2.24, 2.45) is 0 Å². The third kappa shape index (κ3) is 5.99. The molecule has 1 aliphatic carbocycles. The van der Waals surface area contributed by atoms with E-state index in [1.807, 2.05) is 0 Å². The summed E-state index contributed by atoms with van der Waals surface area (Å²) in [5.41, 5.74) is 24.7. The molecular weight excluding hydrogens is 919 g/mol. The van der Waals surface area contributed by atoms with Gasteiger partial charge in [0.05, 0.1) is 38.9 Å². The van der Waals surface area contributed by atoms with E-state index in [-0.39, 0.29) is 0 Å². The van der Waals surface area contributed by atoms with E-state index in [4.69, 9.17) is 0 Å². The molecule has 0 fully saturated rings. The van der Waals surface area contributed by atoms with Crippen LogP contribution in [-0.2, 0) is 5.41 Å². The highest BCUT2D eigenvalue weighted by Crippen LogP contribution is 2.62. The number of fused-ring (bicyclic) bond motifs is 15. The van der Waals surface area contributed by atoms with Gasteiger partial charge in [0, 0.05) is 44.2 Å². The Morgan fingerprint density at radius 2 is 0.803 bits per heavy atom. The molecule has 0 saturated heterocycles. The molecule has 0 atom stereocenters. The topological polar surface area (TPSA) is 13.1 Å². The molecule has 3 heterocycles. The first-order valence-electron chi connectivity index (χ1n) is 26.3. The van der Waals surface area contributed by atoms with Crippen LogP contribution in [0.2, 0.25) is 0 Å². The van der Waals surface area contributed by atoms with Crippen molar-refractivity contribution in [2.45, 2.75) is 5.41 Å². The highest BCUT2D eigenvalue weighted by atomic mass is 15.1. The van der Waals surface area contributed by atoms with Gasteiger partial charge in [0.1, 0.15) is 0 Å². The highest BCUT2D eigenvalue weighted by Gasteiger charge is 2.51. The molecule has 0 unspecified atom stereocenters. The minimum absolute atomic E-state index is 0.598. The van der Waals surface area contributed by atoms with Crippen molar-refractivity contribution in [2.75, 3.05) is 4.90 Å². The van der Waals surface area contributed by atoms with Crippen LogP contribution >= 0.6 is 0 Å². The number of aromatic nitrogens is 2. The van der Waals surface area contributed by atoms with E-state index < -0.39 is 5.41 Å². The van der Waals surface area contributed by atoms with Crippen LogP contribution in [0.1, 0.15) is 22.3 Å². The van der Waals surface area contributed by atoms with Gasteiger partial charge in [0.25, 0.3) is 0 Å². The zero-order chi connectivity index (χ0) is 49.9. The molecule has 0 N–H and O–H groups in total. The lowest BCUT2D eigenvalue weighted by Gasteiger charge is -2.40. The Morgan fingerprint density at radius 3 is 1.53 bits per heavy atom. The van der Waals surface area contributed by atoms with Crippen LogP contribution in [0.4, 0.5) is 17.1 Å². The van der Waals surface area contributed by atoms with Crippen LogP contribution in [0.15, 0.2) is 285 Å². The summed E-state index contributed by atoms with van der Waals surface area (Å²) >= 11 is 0. The normalized spacial score (nSPS) is 12.8. The van der Waals surface area contributed by atoms with E-state index in [9.17, 15) is 0 Å². The third-order valence-corrected chi connectivity index (χ3v) is 16.5. The van der Waals surface area contributed by atoms with Crippen LogP contribution in [0.25, 0.3) is 99.5 Å². The molecule has 0 saturated carbocycles. The number of hydrogen-bond donors (Lipinski definition) is 0. The van der Waals surface area contributed by atoms with Gasteiger partial charge < -0.3 is 14.0 Å². The van der Waals surface area contributed by atoms with Crippen LogP contribution in [-0.4, -0.2) is 9.13 Å². The minimum Gasteiger partial charge on any atom is -0.310 e. The Hall–Kier alpha value is -9.96. The molecule has 3 heteroatoms. The lowest BCUT2D eigenvalue weighted by molar-refractivity contribution is 0.748. The molecule has 1 aliphatic heterocycles. The van der Waals surface area contributed by atoms with Crippen molar-refractivity contribution in [1.29, 1.82) is 0 Å². The minimum atomic E-state index is -0.598. The van der Waals surface area contributed by atoms with E-state index in [1.165, 1.54) is 105 Å². The monoisotopic (exact) mass is 965 g/mol. The number of benzene rings is 12. The number of hydrogen-bond acceptors (Lipinski definition) is 1. The smallest absolute Gasteiger partial charge is 0.0755 e. The van der Waals surface area contributed by atoms with E-state index >= 15 is 0 Å². The van der Waals surface area contributed by atoms with Crippen molar-refractivity contribution in [3.8, 4) is 55.9 Å². The molecule has 0 radical (unpaired) electrons. The van der Waals surface area contributed by atoms with E-state index in [1.54, 1.807) is 0 Å². The molecular formula is C73H47N3. The van der Waals surface area contributed by atoms with Crippen molar-refractivity contribution >= 4 is 60.7 Å². The van der Waals surface area contributed by atoms with E-state index in [0.29, 0.717) is 0 Å². The average Bonchev–Trinajstić information content (AvgIpc) is 4.26. The Morgan fingerprint density at radius 1 is 0.276 bits per heavy atom. The lowest BCUT2D eigenvalue weighted by Crippen LogP contribution is -2.33. The average molecular weight is 966 g/mol. The van der Waals surface area contributed by atoms with Crippen LogP contribution < -0.4 is 4.90 Å². The van der Waals surface area contributed by atoms with Gasteiger partial charge in [-0.25, -0.2) is 0 Å². The molecule has 2 aromatic heterocycles. The largest absolute Gasteiger partial charge is 0.310 e. The molecule has 14 aromatic rings. The van der Waals surface area contributed by atoms with Crippen molar-refractivity contribution in [3.05, 3.63) is 307 Å². The fraction of sp³-hybridized carbons (Fsp3) is 0.0137. The fourth-order valence-corrected chi connectivity index (χ4v) is 13.4. The molecule has 2 aliphatic rings. The lowest BCUT2D eigenvalue weighted by atomic mass is 9.65. The Balaban J connectivity index is 0.963. The Labute approximate surface area is 441 Å². The van der Waals surface area contributed by atoms with E-state index in [2.05, 4.69) is 299 Å². The highest BCUT2D eigenvalue weighted by molar-refractivity contribution is 6.15. The fourth-order valence-electron chi connectivity index (χ4n) is 13.4. The van der Waals surface area contributed by atoms with Crippen LogP contribution in [0.5, 0.6) is 0 Å². The third-order valence-electron chi connectivity index (χ3n) is 16.5. The molecule has 76 heavy (non-hydrogen) atoms. The maximum Gasteiger partial charge on any atom is 0.0755 e. The van der Waals surface area contributed by atoms with Gasteiger partial charge in [0.2, 0.25) is 0 Å². The summed E-state index contributed by atoms with van der Waals surface area (Å²) in [6, 6.07) is 106. The van der Waals surface area contributed by atoms with Gasteiger partial charge in [-0.1, -0.05) is 212 Å². The van der Waals surface area contributed by atoms with Crippen molar-refractivity contribution in [1.82, 2.24) is 9.13 Å². The number of nitrogens with zero attached hydrogens (tertiary/aromatic N) is 3. The number of rotatable bonds is 7. The van der Waals surface area contributed by atoms with Crippen LogP contribution in [0.3, 0.4) is 0 Å². The number of anilines is 3. The Bertz CT molecular complexity index is 4590. The molecule has 12 aromatic carbocycles. The number of para-hydroxylation sites is 5. The molecule has 354 valence electrons. The first-order chi connectivity index (χ1) is 37.7. The standard InChI is InChI=1S/C73H47N3/c1-3-21-49(22-4-1)54-25-7-8-26-55(54)58-29-11-17-35-67(58)74(52-42-39-48(40-43-52)50-41-44-70-61(45-50)59-30-12-18-36-68(59)75(70)51-23-5-2-6-24-51)53-46-62-60-31-13-19-37-69(60)76-71-38-20-16-34-65(71)73(66(47-53)72(62)76)63-32-14-9-27-56(63)57-28-10-15-33-64(57)73/h1-47H. The van der Waals surface area contributed by atoms with Crippen molar-refractivity contribution in [3.63, 3.8) is 0 Å². The van der Waals surface area contributed by atoms with Gasteiger partial charge in [0.15, 0.2) is 0 Å². The van der Waals surface area contributed by atoms with Gasteiger partial charge in [-0.2, -0.15) is 0 Å². The maximum atomic E-state index is 2.55. The molecule has 3 nitrogen and oxygen atoms in total. The summed E-state index contributed by atoms with van der Waals surface area (Å²) in [6.45, 7) is 0. The summed E-state index contributed by atoms with van der Waals surface area (Å²) in [4.78, 5) is 2.53. The summed E-state index contributed by atoms with van der Waals surface area (Å²) in [5, 5.41) is 4.94. The predicted molar refractivity (Wildman–Crippen MR) is 317 cm³/mol. The van der Waals surface area contributed by atoms with E-state index in [0.717, 1.165) is 33.9 Å². The quantitative estimate of drug-likeness (QED) is 0.155. The molecule has 0 bridgehead atoms. The summed E-state index contributed by atoms with van der Waals surface area (Å²) in [6.07, 6.45) is 0. The molecule has 0 amide bonds. The summed E-state index contributed by atoms with van der Waals surface area (Å²) in [7, 11) is 0.